The summed E-state index contributed by atoms with van der Waals surface area (Å²) < 4.78 is 0. The van der Waals surface area contributed by atoms with Gasteiger partial charge in [0, 0.05) is 11.4 Å². The van der Waals surface area contributed by atoms with E-state index in [2.05, 4.69) is 5.32 Å². The summed E-state index contributed by atoms with van der Waals surface area (Å²) in [6, 6.07) is 0.437. The van der Waals surface area contributed by atoms with Crippen LogP contribution in [-0.2, 0) is 0 Å². The fourth-order valence-corrected chi connectivity index (χ4v) is 2.24. The van der Waals surface area contributed by atoms with Gasteiger partial charge in [0.05, 0.1) is 5.56 Å². The van der Waals surface area contributed by atoms with Crippen molar-refractivity contribution in [2.24, 2.45) is 0 Å². The molecule has 2 rings (SSSR count). The molecule has 1 N–H and O–H groups in total. The van der Waals surface area contributed by atoms with Crippen molar-refractivity contribution in [2.75, 3.05) is 0 Å². The zero-order valence-electron chi connectivity index (χ0n) is 7.67. The topological polar surface area (TPSA) is 29.1 Å². The maximum absolute atomic E-state index is 11.6. The predicted molar refractivity (Wildman–Crippen MR) is 54.2 cm³/mol. The molecule has 1 amide bonds. The van der Waals surface area contributed by atoms with Crippen molar-refractivity contribution in [2.45, 2.75) is 32.2 Å². The first-order chi connectivity index (χ1) is 6.27. The van der Waals surface area contributed by atoms with E-state index in [1.165, 1.54) is 6.42 Å². The van der Waals surface area contributed by atoms with Gasteiger partial charge in [0.1, 0.15) is 0 Å². The first-order valence-electron chi connectivity index (χ1n) is 4.61. The van der Waals surface area contributed by atoms with E-state index in [0.29, 0.717) is 6.04 Å². The average Bonchev–Trinajstić information content (AvgIpc) is 2.43. The van der Waals surface area contributed by atoms with E-state index in [1.54, 1.807) is 11.3 Å². The molecule has 0 aliphatic heterocycles. The molecule has 0 aromatic carbocycles. The van der Waals surface area contributed by atoms with Gasteiger partial charge in [-0.15, -0.1) is 0 Å². The second-order valence-corrected chi connectivity index (χ2v) is 4.31. The number of thiophene rings is 1. The van der Waals surface area contributed by atoms with Crippen molar-refractivity contribution in [3.05, 3.63) is 21.9 Å². The number of hydrogen-bond donors (Lipinski definition) is 1. The third-order valence-corrected chi connectivity index (χ3v) is 3.40. The lowest BCUT2D eigenvalue weighted by molar-refractivity contribution is 0.0917. The summed E-state index contributed by atoms with van der Waals surface area (Å²) in [5.74, 6) is 0.100. The summed E-state index contributed by atoms with van der Waals surface area (Å²) in [5.41, 5.74) is 1.93. The average molecular weight is 195 g/mol. The molecule has 1 heterocycles. The van der Waals surface area contributed by atoms with Gasteiger partial charge in [-0.3, -0.25) is 4.79 Å². The molecule has 0 atom stereocenters. The number of carbonyl (C=O) groups is 1. The molecule has 1 aromatic rings. The van der Waals surface area contributed by atoms with Crippen LogP contribution in [0.15, 0.2) is 10.8 Å². The van der Waals surface area contributed by atoms with E-state index < -0.39 is 0 Å². The van der Waals surface area contributed by atoms with Crippen LogP contribution in [0.5, 0.6) is 0 Å². The second kappa shape index (κ2) is 3.50. The highest BCUT2D eigenvalue weighted by molar-refractivity contribution is 7.08. The van der Waals surface area contributed by atoms with Crippen molar-refractivity contribution in [3.63, 3.8) is 0 Å². The quantitative estimate of drug-likeness (QED) is 0.771. The highest BCUT2D eigenvalue weighted by Crippen LogP contribution is 2.20. The first kappa shape index (κ1) is 8.75. The highest BCUT2D eigenvalue weighted by Gasteiger charge is 2.20. The largest absolute Gasteiger partial charge is 0.349 e. The van der Waals surface area contributed by atoms with E-state index in [-0.39, 0.29) is 5.91 Å². The first-order valence-corrected chi connectivity index (χ1v) is 5.55. The minimum Gasteiger partial charge on any atom is -0.349 e. The third kappa shape index (κ3) is 1.75. The molecule has 13 heavy (non-hydrogen) atoms. The Bertz CT molecular complexity index is 314. The molecule has 0 bridgehead atoms. The van der Waals surface area contributed by atoms with Gasteiger partial charge in [-0.2, -0.15) is 11.3 Å². The molecule has 1 aliphatic carbocycles. The molecular formula is C10H13NOS. The molecule has 2 nitrogen and oxygen atoms in total. The number of nitrogens with one attached hydrogen (secondary N) is 1. The standard InChI is InChI=1S/C10H13NOS/c1-7-5-13-6-9(7)10(12)11-8-3-2-4-8/h5-6,8H,2-4H2,1H3,(H,11,12). The molecule has 1 aliphatic rings. The lowest BCUT2D eigenvalue weighted by Crippen LogP contribution is -2.39. The molecule has 1 saturated carbocycles. The molecule has 0 unspecified atom stereocenters. The maximum Gasteiger partial charge on any atom is 0.252 e. The smallest absolute Gasteiger partial charge is 0.252 e. The van der Waals surface area contributed by atoms with Crippen LogP contribution in [0.2, 0.25) is 0 Å². The van der Waals surface area contributed by atoms with Crippen molar-refractivity contribution >= 4 is 17.2 Å². The fourth-order valence-electron chi connectivity index (χ4n) is 1.41. The number of carbonyl (C=O) groups excluding carboxylic acids is 1. The Balaban J connectivity index is 2.00. The van der Waals surface area contributed by atoms with E-state index >= 15 is 0 Å². The Morgan fingerprint density at radius 3 is 2.77 bits per heavy atom. The zero-order valence-corrected chi connectivity index (χ0v) is 8.49. The molecule has 0 saturated heterocycles. The summed E-state index contributed by atoms with van der Waals surface area (Å²) >= 11 is 1.59. The van der Waals surface area contributed by atoms with Crippen LogP contribution < -0.4 is 5.32 Å². The number of aryl methyl sites for hydroxylation is 1. The Kier molecular flexibility index (Phi) is 2.36. The number of hydrogen-bond acceptors (Lipinski definition) is 2. The Morgan fingerprint density at radius 1 is 1.54 bits per heavy atom. The molecule has 0 spiro atoms. The van der Waals surface area contributed by atoms with Gasteiger partial charge in [0.25, 0.3) is 5.91 Å². The summed E-state index contributed by atoms with van der Waals surface area (Å²) in [6.45, 7) is 1.98. The maximum atomic E-state index is 11.6. The normalized spacial score (nSPS) is 16.7. The van der Waals surface area contributed by atoms with Crippen LogP contribution in [0.25, 0.3) is 0 Å². The minimum atomic E-state index is 0.100. The second-order valence-electron chi connectivity index (χ2n) is 3.57. The van der Waals surface area contributed by atoms with Crippen molar-refractivity contribution in [1.82, 2.24) is 5.32 Å². The van der Waals surface area contributed by atoms with Crippen molar-refractivity contribution in [1.29, 1.82) is 0 Å². The summed E-state index contributed by atoms with van der Waals surface area (Å²) in [6.07, 6.45) is 3.55. The van der Waals surface area contributed by atoms with Gasteiger partial charge in [-0.1, -0.05) is 0 Å². The van der Waals surface area contributed by atoms with E-state index in [9.17, 15) is 4.79 Å². The van der Waals surface area contributed by atoms with Crippen LogP contribution in [0, 0.1) is 6.92 Å². The zero-order chi connectivity index (χ0) is 9.26. The Morgan fingerprint density at radius 2 is 2.31 bits per heavy atom. The van der Waals surface area contributed by atoms with Gasteiger partial charge in [0.15, 0.2) is 0 Å². The van der Waals surface area contributed by atoms with E-state index in [1.807, 2.05) is 17.7 Å². The summed E-state index contributed by atoms with van der Waals surface area (Å²) in [5, 5.41) is 6.96. The number of rotatable bonds is 2. The van der Waals surface area contributed by atoms with Crippen LogP contribution >= 0.6 is 11.3 Å². The van der Waals surface area contributed by atoms with Crippen LogP contribution in [-0.4, -0.2) is 11.9 Å². The van der Waals surface area contributed by atoms with Crippen molar-refractivity contribution in [3.8, 4) is 0 Å². The van der Waals surface area contributed by atoms with Gasteiger partial charge in [-0.05, 0) is 37.1 Å². The van der Waals surface area contributed by atoms with Crippen LogP contribution in [0.4, 0.5) is 0 Å². The molecule has 3 heteroatoms. The summed E-state index contributed by atoms with van der Waals surface area (Å²) in [4.78, 5) is 11.6. The van der Waals surface area contributed by atoms with E-state index in [0.717, 1.165) is 24.0 Å². The molecule has 70 valence electrons. The lowest BCUT2D eigenvalue weighted by Gasteiger charge is -2.26. The van der Waals surface area contributed by atoms with Crippen molar-refractivity contribution < 1.29 is 4.79 Å². The SMILES string of the molecule is Cc1cscc1C(=O)NC1CCC1. The third-order valence-electron chi connectivity index (χ3n) is 2.54. The van der Waals surface area contributed by atoms with Gasteiger partial charge in [-0.25, -0.2) is 0 Å². The minimum absolute atomic E-state index is 0.100. The number of amides is 1. The molecule has 1 fully saturated rings. The Hall–Kier alpha value is -0.830. The summed E-state index contributed by atoms with van der Waals surface area (Å²) in [7, 11) is 0. The molecule has 1 aromatic heterocycles. The predicted octanol–water partition coefficient (Wildman–Crippen LogP) is 2.34. The molecule has 0 radical (unpaired) electrons. The Labute approximate surface area is 82.0 Å². The highest BCUT2D eigenvalue weighted by atomic mass is 32.1. The van der Waals surface area contributed by atoms with E-state index in [4.69, 9.17) is 0 Å². The lowest BCUT2D eigenvalue weighted by atomic mass is 9.93. The molecular weight excluding hydrogens is 182 g/mol. The van der Waals surface area contributed by atoms with Gasteiger partial charge in [0.2, 0.25) is 0 Å². The van der Waals surface area contributed by atoms with Crippen LogP contribution in [0.3, 0.4) is 0 Å². The monoisotopic (exact) mass is 195 g/mol. The van der Waals surface area contributed by atoms with Gasteiger partial charge >= 0.3 is 0 Å². The van der Waals surface area contributed by atoms with Gasteiger partial charge < -0.3 is 5.32 Å². The van der Waals surface area contributed by atoms with Crippen LogP contribution in [0.1, 0.15) is 35.2 Å². The fraction of sp³-hybridized carbons (Fsp3) is 0.500.